The molecule has 2 aliphatic carbocycles. The maximum atomic E-state index is 11.6. The topological polar surface area (TPSA) is 44.4 Å². The van der Waals surface area contributed by atoms with Crippen LogP contribution in [-0.2, 0) is 6.54 Å². The monoisotopic (exact) mass is 379 g/mol. The first-order valence-corrected chi connectivity index (χ1v) is 11.3. The summed E-state index contributed by atoms with van der Waals surface area (Å²) >= 11 is 0. The van der Waals surface area contributed by atoms with Gasteiger partial charge in [0.15, 0.2) is 0 Å². The number of allylic oxidation sites excluding steroid dienone is 2. The van der Waals surface area contributed by atoms with Gasteiger partial charge in [0.1, 0.15) is 0 Å². The molecule has 0 bridgehead atoms. The van der Waals surface area contributed by atoms with E-state index in [9.17, 15) is 4.79 Å². The number of nitrogens with zero attached hydrogens (tertiary/aromatic N) is 1. The molecule has 0 radical (unpaired) electrons. The van der Waals surface area contributed by atoms with Gasteiger partial charge in [0.05, 0.1) is 12.1 Å². The normalized spacial score (nSPS) is 31.2. The molecule has 4 heteroatoms. The largest absolute Gasteiger partial charge is 0.333 e. The molecule has 1 saturated carbocycles. The van der Waals surface area contributed by atoms with Crippen molar-refractivity contribution >= 4 is 11.6 Å². The number of likely N-dealkylation sites (tertiary alicyclic amines) is 1. The molecule has 2 heterocycles. The average Bonchev–Trinajstić information content (AvgIpc) is 3.37. The van der Waals surface area contributed by atoms with E-state index in [1.807, 2.05) is 0 Å². The zero-order valence-electron chi connectivity index (χ0n) is 16.8. The number of urea groups is 1. The van der Waals surface area contributed by atoms with Crippen molar-refractivity contribution in [1.82, 2.24) is 15.5 Å². The van der Waals surface area contributed by atoms with Crippen LogP contribution >= 0.6 is 0 Å². The van der Waals surface area contributed by atoms with E-state index < -0.39 is 0 Å². The van der Waals surface area contributed by atoms with Crippen molar-refractivity contribution in [2.45, 2.75) is 70.0 Å². The fraction of sp³-hybridized carbons (Fsp3) is 0.625. The lowest BCUT2D eigenvalue weighted by molar-refractivity contribution is 0.112. The van der Waals surface area contributed by atoms with Gasteiger partial charge in [-0.15, -0.1) is 0 Å². The number of hydrogen-bond donors (Lipinski definition) is 2. The number of carbonyl (C=O) groups excluding carboxylic acids is 1. The number of amides is 2. The fourth-order valence-corrected chi connectivity index (χ4v) is 5.99. The van der Waals surface area contributed by atoms with Crippen LogP contribution in [0.25, 0.3) is 5.57 Å². The summed E-state index contributed by atoms with van der Waals surface area (Å²) in [4.78, 5) is 14.2. The van der Waals surface area contributed by atoms with Crippen LogP contribution in [0.2, 0.25) is 0 Å². The third kappa shape index (κ3) is 3.84. The van der Waals surface area contributed by atoms with Crippen LogP contribution in [-0.4, -0.2) is 36.1 Å². The van der Waals surface area contributed by atoms with Crippen molar-refractivity contribution in [2.24, 2.45) is 11.8 Å². The van der Waals surface area contributed by atoms with Gasteiger partial charge in [-0.1, -0.05) is 30.3 Å². The lowest BCUT2D eigenvalue weighted by atomic mass is 9.73. The third-order valence-electron chi connectivity index (χ3n) is 7.57. The highest BCUT2D eigenvalue weighted by Crippen LogP contribution is 2.37. The smallest absolute Gasteiger partial charge is 0.315 e. The van der Waals surface area contributed by atoms with Crippen molar-refractivity contribution in [3.8, 4) is 0 Å². The van der Waals surface area contributed by atoms with Gasteiger partial charge >= 0.3 is 6.03 Å². The summed E-state index contributed by atoms with van der Waals surface area (Å²) in [6, 6.07) is 10.0. The van der Waals surface area contributed by atoms with Crippen LogP contribution in [0.15, 0.2) is 30.3 Å². The minimum atomic E-state index is 0.0427. The molecule has 3 unspecified atom stereocenters. The number of benzene rings is 1. The van der Waals surface area contributed by atoms with Gasteiger partial charge in [0.25, 0.3) is 0 Å². The molecule has 5 rings (SSSR count). The molecular formula is C24H33N3O. The lowest BCUT2D eigenvalue weighted by Gasteiger charge is -2.40. The zero-order chi connectivity index (χ0) is 18.9. The standard InChI is InChI=1S/C24H33N3O/c28-24-25-22-9-8-21(15-23(22)26-24)19-10-12-27(13-11-19)16-17-4-3-7-20(14-17)18-5-1-2-6-18/h3-5,7,14,19,21-23H,1-2,6,8-13,15-16H2,(H2,25,26,28). The molecule has 0 spiro atoms. The Balaban J connectivity index is 1.14. The van der Waals surface area contributed by atoms with E-state index in [-0.39, 0.29) is 6.03 Å². The van der Waals surface area contributed by atoms with Crippen molar-refractivity contribution < 1.29 is 4.79 Å². The average molecular weight is 380 g/mol. The van der Waals surface area contributed by atoms with Gasteiger partial charge in [0, 0.05) is 6.54 Å². The first-order valence-electron chi connectivity index (χ1n) is 11.3. The van der Waals surface area contributed by atoms with Crippen molar-refractivity contribution in [1.29, 1.82) is 0 Å². The summed E-state index contributed by atoms with van der Waals surface area (Å²) in [7, 11) is 0. The molecule has 2 N–H and O–H groups in total. The first-order chi connectivity index (χ1) is 13.7. The number of piperidine rings is 1. The van der Waals surface area contributed by atoms with Gasteiger partial charge in [-0.2, -0.15) is 0 Å². The molecule has 2 amide bonds. The van der Waals surface area contributed by atoms with E-state index in [1.165, 1.54) is 69.2 Å². The Morgan fingerprint density at radius 2 is 1.86 bits per heavy atom. The van der Waals surface area contributed by atoms with Gasteiger partial charge < -0.3 is 10.6 Å². The van der Waals surface area contributed by atoms with Crippen LogP contribution in [0.3, 0.4) is 0 Å². The van der Waals surface area contributed by atoms with Gasteiger partial charge in [-0.05, 0) is 93.0 Å². The Labute approximate surface area is 168 Å². The second-order valence-electron chi connectivity index (χ2n) is 9.34. The molecule has 3 atom stereocenters. The van der Waals surface area contributed by atoms with Gasteiger partial charge in [-0.25, -0.2) is 4.79 Å². The van der Waals surface area contributed by atoms with E-state index in [1.54, 1.807) is 5.57 Å². The second kappa shape index (κ2) is 7.90. The van der Waals surface area contributed by atoms with E-state index in [0.29, 0.717) is 12.1 Å². The van der Waals surface area contributed by atoms with Crippen LogP contribution in [0, 0.1) is 11.8 Å². The highest BCUT2D eigenvalue weighted by atomic mass is 16.2. The van der Waals surface area contributed by atoms with E-state index in [4.69, 9.17) is 0 Å². The molecule has 150 valence electrons. The van der Waals surface area contributed by atoms with Crippen LogP contribution in [0.4, 0.5) is 4.79 Å². The molecule has 2 aliphatic heterocycles. The Kier molecular flexibility index (Phi) is 5.15. The maximum Gasteiger partial charge on any atom is 0.315 e. The summed E-state index contributed by atoms with van der Waals surface area (Å²) < 4.78 is 0. The Bertz CT molecular complexity index is 750. The number of nitrogens with one attached hydrogen (secondary N) is 2. The molecule has 28 heavy (non-hydrogen) atoms. The highest BCUT2D eigenvalue weighted by Gasteiger charge is 2.39. The maximum absolute atomic E-state index is 11.6. The number of fused-ring (bicyclic) bond motifs is 1. The van der Waals surface area contributed by atoms with Crippen LogP contribution < -0.4 is 10.6 Å². The molecule has 2 saturated heterocycles. The summed E-state index contributed by atoms with van der Waals surface area (Å²) in [5.41, 5.74) is 4.45. The number of hydrogen-bond acceptors (Lipinski definition) is 2. The molecule has 1 aromatic rings. The van der Waals surface area contributed by atoms with Crippen molar-refractivity contribution in [2.75, 3.05) is 13.1 Å². The van der Waals surface area contributed by atoms with E-state index in [2.05, 4.69) is 45.9 Å². The Hall–Kier alpha value is -1.81. The minimum absolute atomic E-state index is 0.0427. The molecule has 1 aromatic carbocycles. The first kappa shape index (κ1) is 18.2. The fourth-order valence-electron chi connectivity index (χ4n) is 5.99. The summed E-state index contributed by atoms with van der Waals surface area (Å²) in [5.74, 6) is 1.63. The quantitative estimate of drug-likeness (QED) is 0.818. The number of rotatable bonds is 4. The summed E-state index contributed by atoms with van der Waals surface area (Å²) in [5, 5.41) is 6.21. The SMILES string of the molecule is O=C1NC2CCC(C3CCN(Cc4cccc(C5=CCCC5)c4)CC3)CC2N1. The van der Waals surface area contributed by atoms with E-state index in [0.717, 1.165) is 24.8 Å². The van der Waals surface area contributed by atoms with Crippen molar-refractivity contribution in [3.05, 3.63) is 41.5 Å². The second-order valence-corrected chi connectivity index (χ2v) is 9.34. The molecule has 3 fully saturated rings. The van der Waals surface area contributed by atoms with Gasteiger partial charge in [0.2, 0.25) is 0 Å². The Morgan fingerprint density at radius 3 is 2.68 bits per heavy atom. The van der Waals surface area contributed by atoms with Crippen LogP contribution in [0.5, 0.6) is 0 Å². The molecule has 4 aliphatic rings. The zero-order valence-corrected chi connectivity index (χ0v) is 16.8. The Morgan fingerprint density at radius 1 is 1.00 bits per heavy atom. The third-order valence-corrected chi connectivity index (χ3v) is 7.57. The molecule has 0 aromatic heterocycles. The van der Waals surface area contributed by atoms with Gasteiger partial charge in [-0.3, -0.25) is 4.90 Å². The van der Waals surface area contributed by atoms with E-state index >= 15 is 0 Å². The predicted octanol–water partition coefficient (Wildman–Crippen LogP) is 4.32. The highest BCUT2D eigenvalue weighted by molar-refractivity contribution is 5.77. The number of carbonyl (C=O) groups is 1. The molecule has 4 nitrogen and oxygen atoms in total. The summed E-state index contributed by atoms with van der Waals surface area (Å²) in [6.07, 6.45) is 12.5. The van der Waals surface area contributed by atoms with Crippen molar-refractivity contribution in [3.63, 3.8) is 0 Å². The van der Waals surface area contributed by atoms with Crippen LogP contribution in [0.1, 0.15) is 62.5 Å². The molecular weight excluding hydrogens is 346 g/mol. The minimum Gasteiger partial charge on any atom is -0.333 e. The lowest BCUT2D eigenvalue weighted by Crippen LogP contribution is -2.43. The predicted molar refractivity (Wildman–Crippen MR) is 113 cm³/mol. The summed E-state index contributed by atoms with van der Waals surface area (Å²) in [6.45, 7) is 3.52.